The number of aromatic nitrogens is 1. The highest BCUT2D eigenvalue weighted by Crippen LogP contribution is 2.44. The van der Waals surface area contributed by atoms with Crippen molar-refractivity contribution in [2.45, 2.75) is 50.0 Å². The number of nitrogens with zero attached hydrogens (tertiary/aromatic N) is 2. The molecule has 0 saturated carbocycles. The molecular weight excluding hydrogens is 569 g/mol. The Morgan fingerprint density at radius 3 is 2.36 bits per heavy atom. The Morgan fingerprint density at radius 1 is 1.00 bits per heavy atom. The zero-order chi connectivity index (χ0) is 31.0. The number of halogens is 1. The van der Waals surface area contributed by atoms with Gasteiger partial charge in [0, 0.05) is 71.8 Å². The number of hydrogen-bond donors (Lipinski definition) is 4. The standard InChI is InChI=1S/C33H32FN3O7/c34-22-5-7-23(8-6-22)37-27-13-21(17-36-29-15-24(38)14-28(44-29)33(41)42)26(35)16-25(27)30(31(37)19-9-11-43-12-10-19)18-1-3-20(4-2-18)32(39)40/h1-8,13,16-17,19,24,28-29,38H,9-12,14-15,35H2,(H,39,40)(H,41,42)/b36-17+. The number of carboxylic acid groups (broad SMARTS) is 2. The van der Waals surface area contributed by atoms with E-state index in [-0.39, 0.29) is 30.1 Å². The number of fused-ring (bicyclic) bond motifs is 1. The van der Waals surface area contributed by atoms with Crippen LogP contribution in [0.5, 0.6) is 0 Å². The molecule has 3 unspecified atom stereocenters. The smallest absolute Gasteiger partial charge is 0.335 e. The molecule has 2 aliphatic heterocycles. The summed E-state index contributed by atoms with van der Waals surface area (Å²) in [6.07, 6.45) is 0.299. The van der Waals surface area contributed by atoms with Gasteiger partial charge < -0.3 is 35.1 Å². The number of aliphatic carboxylic acids is 1. The summed E-state index contributed by atoms with van der Waals surface area (Å²) >= 11 is 0. The van der Waals surface area contributed by atoms with Crippen molar-refractivity contribution in [2.24, 2.45) is 4.99 Å². The topological polar surface area (TPSA) is 157 Å². The quantitative estimate of drug-likeness (QED) is 0.171. The lowest BCUT2D eigenvalue weighted by Crippen LogP contribution is -2.39. The zero-order valence-electron chi connectivity index (χ0n) is 23.7. The number of aliphatic hydroxyl groups excluding tert-OH is 1. The van der Waals surface area contributed by atoms with E-state index in [0.717, 1.165) is 46.3 Å². The number of ether oxygens (including phenoxy) is 2. The van der Waals surface area contributed by atoms with Crippen LogP contribution in [-0.2, 0) is 14.3 Å². The summed E-state index contributed by atoms with van der Waals surface area (Å²) in [5.41, 5.74) is 11.9. The highest BCUT2D eigenvalue weighted by molar-refractivity contribution is 6.05. The van der Waals surface area contributed by atoms with E-state index >= 15 is 0 Å². The van der Waals surface area contributed by atoms with Crippen molar-refractivity contribution in [3.05, 3.63) is 83.3 Å². The second-order valence-electron chi connectivity index (χ2n) is 11.2. The number of anilines is 1. The van der Waals surface area contributed by atoms with E-state index in [1.165, 1.54) is 18.3 Å². The lowest BCUT2D eigenvalue weighted by Gasteiger charge is -2.28. The summed E-state index contributed by atoms with van der Waals surface area (Å²) in [5.74, 6) is -2.47. The van der Waals surface area contributed by atoms with Crippen LogP contribution in [0.2, 0.25) is 0 Å². The van der Waals surface area contributed by atoms with Gasteiger partial charge in [0.2, 0.25) is 0 Å². The van der Waals surface area contributed by atoms with Gasteiger partial charge in [0.15, 0.2) is 12.3 Å². The monoisotopic (exact) mass is 601 g/mol. The Kier molecular flexibility index (Phi) is 8.17. The minimum Gasteiger partial charge on any atom is -0.479 e. The highest BCUT2D eigenvalue weighted by Gasteiger charge is 2.33. The van der Waals surface area contributed by atoms with Gasteiger partial charge in [0.1, 0.15) is 5.82 Å². The number of rotatable bonds is 7. The van der Waals surface area contributed by atoms with E-state index in [1.807, 2.05) is 12.1 Å². The molecule has 228 valence electrons. The fraction of sp³-hybridized carbons (Fsp3) is 0.303. The van der Waals surface area contributed by atoms with Crippen molar-refractivity contribution < 1.29 is 38.8 Å². The first-order valence-electron chi connectivity index (χ1n) is 14.4. The van der Waals surface area contributed by atoms with E-state index < -0.39 is 30.4 Å². The third-order valence-corrected chi connectivity index (χ3v) is 8.26. The summed E-state index contributed by atoms with van der Waals surface area (Å²) < 4.78 is 27.4. The van der Waals surface area contributed by atoms with Gasteiger partial charge in [-0.05, 0) is 66.9 Å². The molecule has 2 saturated heterocycles. The molecule has 0 spiro atoms. The summed E-state index contributed by atoms with van der Waals surface area (Å²) in [6, 6.07) is 16.7. The summed E-state index contributed by atoms with van der Waals surface area (Å²) in [7, 11) is 0. The van der Waals surface area contributed by atoms with E-state index in [2.05, 4.69) is 9.56 Å². The van der Waals surface area contributed by atoms with E-state index in [9.17, 15) is 29.3 Å². The van der Waals surface area contributed by atoms with Gasteiger partial charge in [0.05, 0.1) is 17.2 Å². The van der Waals surface area contributed by atoms with Gasteiger partial charge in [-0.3, -0.25) is 4.99 Å². The van der Waals surface area contributed by atoms with Gasteiger partial charge in [-0.2, -0.15) is 0 Å². The molecule has 4 aromatic rings. The summed E-state index contributed by atoms with van der Waals surface area (Å²) in [6.45, 7) is 1.16. The van der Waals surface area contributed by atoms with Crippen molar-refractivity contribution in [3.8, 4) is 16.8 Å². The maximum Gasteiger partial charge on any atom is 0.335 e. The minimum absolute atomic E-state index is 0.00809. The third-order valence-electron chi connectivity index (χ3n) is 8.26. The van der Waals surface area contributed by atoms with Crippen LogP contribution in [0.15, 0.2) is 65.7 Å². The second-order valence-corrected chi connectivity index (χ2v) is 11.2. The number of aromatic carboxylic acids is 1. The van der Waals surface area contributed by atoms with Gasteiger partial charge in [-0.25, -0.2) is 14.0 Å². The molecule has 3 heterocycles. The third kappa shape index (κ3) is 5.81. The second kappa shape index (κ2) is 12.2. The molecule has 0 bridgehead atoms. The summed E-state index contributed by atoms with van der Waals surface area (Å²) in [5, 5.41) is 29.9. The molecule has 1 aromatic heterocycles. The average Bonchev–Trinajstić information content (AvgIpc) is 3.34. The Labute approximate surface area is 252 Å². The molecule has 6 rings (SSSR count). The van der Waals surface area contributed by atoms with Gasteiger partial charge >= 0.3 is 11.9 Å². The molecule has 44 heavy (non-hydrogen) atoms. The van der Waals surface area contributed by atoms with Crippen LogP contribution < -0.4 is 5.73 Å². The van der Waals surface area contributed by atoms with Crippen LogP contribution >= 0.6 is 0 Å². The largest absolute Gasteiger partial charge is 0.479 e. The number of aliphatic hydroxyl groups is 1. The van der Waals surface area contributed by atoms with Gasteiger partial charge in [-0.15, -0.1) is 0 Å². The molecule has 0 radical (unpaired) electrons. The predicted octanol–water partition coefficient (Wildman–Crippen LogP) is 4.98. The first-order chi connectivity index (χ1) is 21.2. The van der Waals surface area contributed by atoms with Crippen LogP contribution in [0, 0.1) is 5.82 Å². The van der Waals surface area contributed by atoms with Crippen LogP contribution in [-0.4, -0.2) is 69.7 Å². The van der Waals surface area contributed by atoms with Crippen molar-refractivity contribution in [1.29, 1.82) is 0 Å². The molecule has 10 nitrogen and oxygen atoms in total. The predicted molar refractivity (Wildman–Crippen MR) is 162 cm³/mol. The Balaban J connectivity index is 1.55. The average molecular weight is 602 g/mol. The number of nitrogens with two attached hydrogens (primary N) is 1. The first kappa shape index (κ1) is 29.5. The number of benzene rings is 3. The fourth-order valence-electron chi connectivity index (χ4n) is 6.10. The molecule has 3 aromatic carbocycles. The normalized spacial score (nSPS) is 21.2. The Morgan fingerprint density at radius 2 is 1.70 bits per heavy atom. The molecule has 0 aliphatic carbocycles. The molecule has 0 amide bonds. The first-order valence-corrected chi connectivity index (χ1v) is 14.4. The lowest BCUT2D eigenvalue weighted by atomic mass is 9.89. The zero-order valence-corrected chi connectivity index (χ0v) is 23.7. The van der Waals surface area contributed by atoms with Gasteiger partial charge in [-0.1, -0.05) is 12.1 Å². The fourth-order valence-corrected chi connectivity index (χ4v) is 6.10. The number of carbonyl (C=O) groups is 2. The van der Waals surface area contributed by atoms with Crippen LogP contribution in [0.4, 0.5) is 10.1 Å². The Bertz CT molecular complexity index is 1730. The SMILES string of the molecule is Nc1cc2c(-c3ccc(C(=O)O)cc3)c(C3CCOCC3)n(-c3ccc(F)cc3)c2cc1/C=N/C1CC(O)CC(C(=O)O)O1. The van der Waals surface area contributed by atoms with Crippen molar-refractivity contribution in [2.75, 3.05) is 18.9 Å². The van der Waals surface area contributed by atoms with Gasteiger partial charge in [0.25, 0.3) is 0 Å². The molecule has 11 heteroatoms. The molecule has 2 aliphatic rings. The van der Waals surface area contributed by atoms with Crippen LogP contribution in [0.3, 0.4) is 0 Å². The molecular formula is C33H32FN3O7. The molecule has 2 fully saturated rings. The van der Waals surface area contributed by atoms with Crippen molar-refractivity contribution >= 4 is 34.7 Å². The Hall–Kier alpha value is -4.58. The minimum atomic E-state index is -1.16. The number of hydrogen-bond acceptors (Lipinski definition) is 7. The molecule has 3 atom stereocenters. The number of carboxylic acids is 2. The van der Waals surface area contributed by atoms with Crippen LogP contribution in [0.1, 0.15) is 53.2 Å². The number of nitrogen functional groups attached to an aromatic ring is 1. The summed E-state index contributed by atoms with van der Waals surface area (Å²) in [4.78, 5) is 27.5. The van der Waals surface area contributed by atoms with E-state index in [0.29, 0.717) is 24.5 Å². The van der Waals surface area contributed by atoms with Crippen molar-refractivity contribution in [3.63, 3.8) is 0 Å². The maximum absolute atomic E-state index is 14.1. The van der Waals surface area contributed by atoms with Crippen molar-refractivity contribution in [1.82, 2.24) is 4.57 Å². The molecule has 5 N–H and O–H groups in total. The van der Waals surface area contributed by atoms with E-state index in [1.54, 1.807) is 36.4 Å². The lowest BCUT2D eigenvalue weighted by molar-refractivity contribution is -0.165. The van der Waals surface area contributed by atoms with Crippen LogP contribution in [0.25, 0.3) is 27.7 Å². The number of aliphatic imine (C=N–C) groups is 1. The maximum atomic E-state index is 14.1. The highest BCUT2D eigenvalue weighted by atomic mass is 19.1. The van der Waals surface area contributed by atoms with E-state index in [4.69, 9.17) is 15.2 Å².